The van der Waals surface area contributed by atoms with Crippen LogP contribution < -0.4 is 4.90 Å². The summed E-state index contributed by atoms with van der Waals surface area (Å²) in [4.78, 5) is 18.2. The lowest BCUT2D eigenvalue weighted by Crippen LogP contribution is -2.33. The topological polar surface area (TPSA) is 32.7 Å². The van der Waals surface area contributed by atoms with Crippen LogP contribution in [0.3, 0.4) is 0 Å². The second-order valence-corrected chi connectivity index (χ2v) is 4.82. The molecule has 3 heteroatoms. The first kappa shape index (κ1) is 12.6. The number of rotatable bonds is 3. The summed E-state index contributed by atoms with van der Waals surface area (Å²) in [6.45, 7) is 1.25. The van der Waals surface area contributed by atoms with Crippen LogP contribution in [-0.2, 0) is 17.8 Å². The Balaban J connectivity index is 1.84. The van der Waals surface area contributed by atoms with Gasteiger partial charge in [0.05, 0.1) is 12.8 Å². The molecule has 1 amide bonds. The zero-order chi connectivity index (χ0) is 13.8. The van der Waals surface area contributed by atoms with Crippen LogP contribution in [0.1, 0.15) is 11.1 Å². The molecule has 0 N–H and O–H groups in total. The Bertz CT molecular complexity index is 634. The van der Waals surface area contributed by atoms with Crippen LogP contribution in [0.4, 0.5) is 5.69 Å². The number of benzene rings is 2. The average Bonchev–Trinajstić information content (AvgIpc) is 2.65. The minimum absolute atomic E-state index is 0.0362. The standard InChI is InChI=1S/C17H16N2O/c20-17-13-18-12-15-8-4-5-9-16(15)19(17)11-10-14-6-2-1-3-7-14/h1-9,13H,10-12H2. The molecule has 0 fully saturated rings. The molecule has 3 rings (SSSR count). The molecular formula is C17H16N2O. The third kappa shape index (κ3) is 2.62. The molecule has 0 radical (unpaired) electrons. The van der Waals surface area contributed by atoms with Gasteiger partial charge in [-0.15, -0.1) is 0 Å². The van der Waals surface area contributed by atoms with Gasteiger partial charge in [0.2, 0.25) is 0 Å². The Kier molecular flexibility index (Phi) is 3.59. The SMILES string of the molecule is O=C1C=NCc2ccccc2N1CCc1ccccc1. The fourth-order valence-corrected chi connectivity index (χ4v) is 2.43. The third-order valence-corrected chi connectivity index (χ3v) is 3.48. The minimum Gasteiger partial charge on any atom is -0.307 e. The van der Waals surface area contributed by atoms with E-state index in [0.29, 0.717) is 13.1 Å². The Labute approximate surface area is 118 Å². The van der Waals surface area contributed by atoms with E-state index in [1.807, 2.05) is 47.4 Å². The summed E-state index contributed by atoms with van der Waals surface area (Å²) in [5, 5.41) is 0. The molecular weight excluding hydrogens is 248 g/mol. The quantitative estimate of drug-likeness (QED) is 0.839. The highest BCUT2D eigenvalue weighted by Gasteiger charge is 2.19. The van der Waals surface area contributed by atoms with Gasteiger partial charge >= 0.3 is 0 Å². The third-order valence-electron chi connectivity index (χ3n) is 3.48. The van der Waals surface area contributed by atoms with Crippen LogP contribution in [0.15, 0.2) is 59.6 Å². The maximum Gasteiger partial charge on any atom is 0.268 e. The molecule has 0 aliphatic carbocycles. The largest absolute Gasteiger partial charge is 0.307 e. The van der Waals surface area contributed by atoms with Crippen molar-refractivity contribution in [2.24, 2.45) is 4.99 Å². The van der Waals surface area contributed by atoms with E-state index in [4.69, 9.17) is 0 Å². The molecule has 0 saturated carbocycles. The second-order valence-electron chi connectivity index (χ2n) is 4.82. The first-order chi connectivity index (χ1) is 9.84. The minimum atomic E-state index is -0.0362. The van der Waals surface area contributed by atoms with Crippen molar-refractivity contribution in [1.82, 2.24) is 0 Å². The molecule has 0 bridgehead atoms. The van der Waals surface area contributed by atoms with Gasteiger partial charge in [-0.05, 0) is 23.6 Å². The van der Waals surface area contributed by atoms with Gasteiger partial charge in [0.25, 0.3) is 5.91 Å². The molecule has 0 saturated heterocycles. The van der Waals surface area contributed by atoms with E-state index >= 15 is 0 Å². The highest BCUT2D eigenvalue weighted by atomic mass is 16.2. The average molecular weight is 264 g/mol. The van der Waals surface area contributed by atoms with Crippen molar-refractivity contribution in [3.05, 3.63) is 65.7 Å². The Hall–Kier alpha value is -2.42. The fraction of sp³-hybridized carbons (Fsp3) is 0.176. The summed E-state index contributed by atoms with van der Waals surface area (Å²) >= 11 is 0. The van der Waals surface area contributed by atoms with E-state index in [9.17, 15) is 4.79 Å². The molecule has 0 spiro atoms. The summed E-state index contributed by atoms with van der Waals surface area (Å²) in [7, 11) is 0. The van der Waals surface area contributed by atoms with Crippen LogP contribution in [0.5, 0.6) is 0 Å². The van der Waals surface area contributed by atoms with E-state index in [1.165, 1.54) is 11.8 Å². The number of hydrogen-bond acceptors (Lipinski definition) is 2. The van der Waals surface area contributed by atoms with Crippen LogP contribution in [0.25, 0.3) is 0 Å². The lowest BCUT2D eigenvalue weighted by Gasteiger charge is -2.22. The van der Waals surface area contributed by atoms with Gasteiger partial charge < -0.3 is 4.90 Å². The van der Waals surface area contributed by atoms with Crippen molar-refractivity contribution in [3.63, 3.8) is 0 Å². The molecule has 20 heavy (non-hydrogen) atoms. The van der Waals surface area contributed by atoms with Gasteiger partial charge in [-0.3, -0.25) is 9.79 Å². The Morgan fingerprint density at radius 3 is 2.60 bits per heavy atom. The highest BCUT2D eigenvalue weighted by molar-refractivity contribution is 6.33. The number of amides is 1. The monoisotopic (exact) mass is 264 g/mol. The first-order valence-electron chi connectivity index (χ1n) is 6.78. The van der Waals surface area contributed by atoms with Gasteiger partial charge in [-0.2, -0.15) is 0 Å². The number of hydrogen-bond donors (Lipinski definition) is 0. The Morgan fingerprint density at radius 2 is 1.75 bits per heavy atom. The Morgan fingerprint density at radius 1 is 1.00 bits per heavy atom. The zero-order valence-corrected chi connectivity index (χ0v) is 11.2. The van der Waals surface area contributed by atoms with Crippen LogP contribution >= 0.6 is 0 Å². The maximum absolute atomic E-state index is 12.2. The summed E-state index contributed by atoms with van der Waals surface area (Å²) < 4.78 is 0. The predicted molar refractivity (Wildman–Crippen MR) is 81.1 cm³/mol. The highest BCUT2D eigenvalue weighted by Crippen LogP contribution is 2.23. The maximum atomic E-state index is 12.2. The van der Waals surface area contributed by atoms with Gasteiger partial charge in [0, 0.05) is 12.2 Å². The van der Waals surface area contributed by atoms with Crippen molar-refractivity contribution < 1.29 is 4.79 Å². The molecule has 2 aromatic rings. The molecule has 3 nitrogen and oxygen atoms in total. The van der Waals surface area contributed by atoms with Crippen LogP contribution in [0, 0.1) is 0 Å². The molecule has 1 aliphatic heterocycles. The summed E-state index contributed by atoms with van der Waals surface area (Å²) in [6.07, 6.45) is 2.28. The zero-order valence-electron chi connectivity index (χ0n) is 11.2. The molecule has 0 aromatic heterocycles. The number of carbonyl (C=O) groups excluding carboxylic acids is 1. The molecule has 2 aromatic carbocycles. The van der Waals surface area contributed by atoms with Gasteiger partial charge in [-0.1, -0.05) is 48.5 Å². The van der Waals surface area contributed by atoms with E-state index in [-0.39, 0.29) is 5.91 Å². The second kappa shape index (κ2) is 5.70. The number of carbonyl (C=O) groups is 1. The summed E-state index contributed by atoms with van der Waals surface area (Å²) in [5.74, 6) is -0.0362. The molecule has 100 valence electrons. The number of anilines is 1. The van der Waals surface area contributed by atoms with Crippen molar-refractivity contribution in [1.29, 1.82) is 0 Å². The van der Waals surface area contributed by atoms with Gasteiger partial charge in [-0.25, -0.2) is 0 Å². The van der Waals surface area contributed by atoms with Crippen molar-refractivity contribution in [2.75, 3.05) is 11.4 Å². The van der Waals surface area contributed by atoms with E-state index in [0.717, 1.165) is 17.7 Å². The smallest absolute Gasteiger partial charge is 0.268 e. The fourth-order valence-electron chi connectivity index (χ4n) is 2.43. The van der Waals surface area contributed by atoms with Gasteiger partial charge in [0.15, 0.2) is 0 Å². The molecule has 0 atom stereocenters. The van der Waals surface area contributed by atoms with E-state index in [2.05, 4.69) is 17.1 Å². The number of nitrogens with zero attached hydrogens (tertiary/aromatic N) is 2. The summed E-state index contributed by atoms with van der Waals surface area (Å²) in [6, 6.07) is 18.2. The van der Waals surface area contributed by atoms with E-state index < -0.39 is 0 Å². The van der Waals surface area contributed by atoms with Crippen LogP contribution in [-0.4, -0.2) is 18.7 Å². The normalized spacial score (nSPS) is 14.0. The van der Waals surface area contributed by atoms with Crippen molar-refractivity contribution in [3.8, 4) is 0 Å². The predicted octanol–water partition coefficient (Wildman–Crippen LogP) is 2.85. The molecule has 1 aliphatic rings. The first-order valence-corrected chi connectivity index (χ1v) is 6.78. The summed E-state index contributed by atoms with van der Waals surface area (Å²) in [5.41, 5.74) is 3.31. The van der Waals surface area contributed by atoms with E-state index in [1.54, 1.807) is 0 Å². The molecule has 1 heterocycles. The lowest BCUT2D eigenvalue weighted by molar-refractivity contribution is -0.112. The number of aliphatic imine (C=N–C) groups is 1. The number of para-hydroxylation sites is 1. The van der Waals surface area contributed by atoms with Crippen LogP contribution in [0.2, 0.25) is 0 Å². The lowest BCUT2D eigenvalue weighted by atomic mass is 10.1. The molecule has 0 unspecified atom stereocenters. The van der Waals surface area contributed by atoms with Crippen molar-refractivity contribution in [2.45, 2.75) is 13.0 Å². The van der Waals surface area contributed by atoms with Crippen molar-refractivity contribution >= 4 is 17.8 Å². The van der Waals surface area contributed by atoms with Gasteiger partial charge in [0.1, 0.15) is 0 Å². The number of fused-ring (bicyclic) bond motifs is 1.